The number of rotatable bonds is 7. The maximum Gasteiger partial charge on any atom is 0.255 e. The van der Waals surface area contributed by atoms with Gasteiger partial charge in [0.15, 0.2) is 0 Å². The van der Waals surface area contributed by atoms with Gasteiger partial charge in [-0.3, -0.25) is 15.1 Å². The summed E-state index contributed by atoms with van der Waals surface area (Å²) in [5, 5.41) is 3.96. The number of anilines is 2. The number of aromatic amines is 1. The van der Waals surface area contributed by atoms with E-state index in [9.17, 15) is 4.79 Å². The van der Waals surface area contributed by atoms with Crippen LogP contribution in [0.2, 0.25) is 0 Å². The van der Waals surface area contributed by atoms with Crippen molar-refractivity contribution in [2.75, 3.05) is 11.9 Å². The average molecular weight is 381 g/mol. The Balaban J connectivity index is 1.88. The second-order valence-electron chi connectivity index (χ2n) is 7.28. The van der Waals surface area contributed by atoms with Gasteiger partial charge in [0.05, 0.1) is 17.8 Å². The molecule has 7 nitrogen and oxygen atoms in total. The number of H-pyrrole nitrogens is 1. The van der Waals surface area contributed by atoms with Gasteiger partial charge in [-0.2, -0.15) is 0 Å². The van der Waals surface area contributed by atoms with Gasteiger partial charge in [-0.15, -0.1) is 0 Å². The Labute approximate surface area is 164 Å². The molecule has 2 aromatic heterocycles. The first-order valence-corrected chi connectivity index (χ1v) is 9.65. The van der Waals surface area contributed by atoms with Gasteiger partial charge in [0.2, 0.25) is 11.9 Å². The van der Waals surface area contributed by atoms with Crippen LogP contribution in [0.1, 0.15) is 44.1 Å². The molecule has 0 aliphatic heterocycles. The molecule has 2 heterocycles. The van der Waals surface area contributed by atoms with E-state index in [2.05, 4.69) is 39.1 Å². The molecule has 0 radical (unpaired) electrons. The van der Waals surface area contributed by atoms with Gasteiger partial charge >= 0.3 is 0 Å². The van der Waals surface area contributed by atoms with Crippen molar-refractivity contribution < 1.29 is 4.74 Å². The van der Waals surface area contributed by atoms with Crippen LogP contribution in [0.5, 0.6) is 5.75 Å². The third kappa shape index (κ3) is 4.47. The van der Waals surface area contributed by atoms with Crippen molar-refractivity contribution in [3.63, 3.8) is 0 Å². The second-order valence-corrected chi connectivity index (χ2v) is 7.28. The summed E-state index contributed by atoms with van der Waals surface area (Å²) in [6.07, 6.45) is 1.68. The molecule has 3 aromatic rings. The second kappa shape index (κ2) is 8.37. The van der Waals surface area contributed by atoms with Gasteiger partial charge in [0.25, 0.3) is 5.56 Å². The van der Waals surface area contributed by atoms with E-state index in [0.29, 0.717) is 24.4 Å². The van der Waals surface area contributed by atoms with Crippen molar-refractivity contribution in [2.45, 2.75) is 47.5 Å². The normalized spacial score (nSPS) is 11.2. The number of hydrogen-bond donors (Lipinski definition) is 2. The van der Waals surface area contributed by atoms with Crippen LogP contribution in [-0.2, 0) is 6.42 Å². The summed E-state index contributed by atoms with van der Waals surface area (Å²) >= 11 is 0. The maximum atomic E-state index is 12.5. The summed E-state index contributed by atoms with van der Waals surface area (Å²) in [5.41, 5.74) is 2.96. The van der Waals surface area contributed by atoms with E-state index in [1.165, 1.54) is 0 Å². The topological polar surface area (TPSA) is 92.8 Å². The number of aryl methyl sites for hydroxylation is 2. The highest BCUT2D eigenvalue weighted by Crippen LogP contribution is 2.23. The predicted octanol–water partition coefficient (Wildman–Crippen LogP) is 4.06. The molecule has 148 valence electrons. The number of ether oxygens (including phenoxy) is 1. The first-order chi connectivity index (χ1) is 13.4. The molecule has 0 unspecified atom stereocenters. The summed E-state index contributed by atoms with van der Waals surface area (Å²) in [6.45, 7) is 10.6. The Morgan fingerprint density at radius 2 is 1.93 bits per heavy atom. The molecule has 28 heavy (non-hydrogen) atoms. The van der Waals surface area contributed by atoms with Crippen molar-refractivity contribution in [1.82, 2.24) is 19.9 Å². The monoisotopic (exact) mass is 381 g/mol. The van der Waals surface area contributed by atoms with E-state index < -0.39 is 0 Å². The smallest absolute Gasteiger partial charge is 0.255 e. The third-order valence-corrected chi connectivity index (χ3v) is 4.59. The molecule has 0 aliphatic carbocycles. The Morgan fingerprint density at radius 3 is 2.61 bits per heavy atom. The summed E-state index contributed by atoms with van der Waals surface area (Å²) in [7, 11) is 0. The number of hydrogen-bond acceptors (Lipinski definition) is 6. The average Bonchev–Trinajstić information content (AvgIpc) is 2.61. The number of benzene rings is 1. The number of nitrogens with zero attached hydrogens (tertiary/aromatic N) is 3. The first-order valence-electron chi connectivity index (χ1n) is 9.65. The number of aromatic nitrogens is 4. The SMILES string of the molecule is CCOc1ccc2nc(Nc3nc(C)c(CCC(C)C)c(=O)[nH]3)nc(C)c2c1. The molecule has 0 amide bonds. The van der Waals surface area contributed by atoms with Crippen LogP contribution in [0.15, 0.2) is 23.0 Å². The Bertz CT molecular complexity index is 1040. The summed E-state index contributed by atoms with van der Waals surface area (Å²) < 4.78 is 5.55. The zero-order chi connectivity index (χ0) is 20.3. The molecule has 2 N–H and O–H groups in total. The lowest BCUT2D eigenvalue weighted by atomic mass is 10.0. The molecular weight excluding hydrogens is 354 g/mol. The fraction of sp³-hybridized carbons (Fsp3) is 0.429. The molecule has 0 atom stereocenters. The van der Waals surface area contributed by atoms with Crippen LogP contribution < -0.4 is 15.6 Å². The van der Waals surface area contributed by atoms with E-state index in [0.717, 1.165) is 46.4 Å². The van der Waals surface area contributed by atoms with Crippen LogP contribution >= 0.6 is 0 Å². The Kier molecular flexibility index (Phi) is 5.92. The minimum Gasteiger partial charge on any atom is -0.494 e. The maximum absolute atomic E-state index is 12.5. The van der Waals surface area contributed by atoms with E-state index in [1.807, 2.05) is 39.0 Å². The summed E-state index contributed by atoms with van der Waals surface area (Å²) in [5.74, 6) is 2.07. The molecule has 7 heteroatoms. The highest BCUT2D eigenvalue weighted by atomic mass is 16.5. The largest absolute Gasteiger partial charge is 0.494 e. The van der Waals surface area contributed by atoms with Gasteiger partial charge in [-0.05, 0) is 57.7 Å². The number of nitrogens with one attached hydrogen (secondary N) is 2. The van der Waals surface area contributed by atoms with Gasteiger partial charge in [0, 0.05) is 16.6 Å². The Hall–Kier alpha value is -2.96. The molecular formula is C21H27N5O2. The van der Waals surface area contributed by atoms with Crippen LogP contribution in [0.25, 0.3) is 10.9 Å². The van der Waals surface area contributed by atoms with Crippen molar-refractivity contribution in [2.24, 2.45) is 5.92 Å². The lowest BCUT2D eigenvalue weighted by Crippen LogP contribution is -2.19. The minimum atomic E-state index is -0.116. The van der Waals surface area contributed by atoms with E-state index in [1.54, 1.807) is 0 Å². The van der Waals surface area contributed by atoms with E-state index in [-0.39, 0.29) is 5.56 Å². The highest BCUT2D eigenvalue weighted by molar-refractivity contribution is 5.83. The third-order valence-electron chi connectivity index (χ3n) is 4.59. The summed E-state index contributed by atoms with van der Waals surface area (Å²) in [6, 6.07) is 5.72. The van der Waals surface area contributed by atoms with E-state index >= 15 is 0 Å². The predicted molar refractivity (Wildman–Crippen MR) is 111 cm³/mol. The Morgan fingerprint density at radius 1 is 1.14 bits per heavy atom. The standard InChI is InChI=1S/C21H27N5O2/c1-6-28-15-8-10-18-17(11-15)14(5)23-20(24-18)26-21-22-13(4)16(19(27)25-21)9-7-12(2)3/h8,10-12H,6-7,9H2,1-5H3,(H2,22,23,24,25,26,27). The quantitative estimate of drug-likeness (QED) is 0.641. The molecule has 0 spiro atoms. The molecule has 3 rings (SSSR count). The van der Waals surface area contributed by atoms with Crippen molar-refractivity contribution in [3.8, 4) is 5.75 Å². The van der Waals surface area contributed by atoms with Crippen molar-refractivity contribution in [1.29, 1.82) is 0 Å². The van der Waals surface area contributed by atoms with Gasteiger partial charge in [0.1, 0.15) is 5.75 Å². The zero-order valence-corrected chi connectivity index (χ0v) is 17.1. The first kappa shape index (κ1) is 19.8. The van der Waals surface area contributed by atoms with E-state index in [4.69, 9.17) is 4.74 Å². The van der Waals surface area contributed by atoms with Crippen molar-refractivity contribution >= 4 is 22.8 Å². The molecule has 0 saturated heterocycles. The van der Waals surface area contributed by atoms with Gasteiger partial charge in [-0.1, -0.05) is 13.8 Å². The zero-order valence-electron chi connectivity index (χ0n) is 17.1. The van der Waals surface area contributed by atoms with Crippen molar-refractivity contribution in [3.05, 3.63) is 45.5 Å². The highest BCUT2D eigenvalue weighted by Gasteiger charge is 2.11. The van der Waals surface area contributed by atoms with Crippen LogP contribution in [0.4, 0.5) is 11.9 Å². The lowest BCUT2D eigenvalue weighted by molar-refractivity contribution is 0.340. The van der Waals surface area contributed by atoms with Crippen LogP contribution in [0.3, 0.4) is 0 Å². The summed E-state index contributed by atoms with van der Waals surface area (Å²) in [4.78, 5) is 28.8. The lowest BCUT2D eigenvalue weighted by Gasteiger charge is -2.11. The van der Waals surface area contributed by atoms with Gasteiger partial charge in [-0.25, -0.2) is 15.0 Å². The molecule has 0 saturated carbocycles. The minimum absolute atomic E-state index is 0.116. The molecule has 0 fully saturated rings. The molecule has 1 aromatic carbocycles. The van der Waals surface area contributed by atoms with Crippen LogP contribution in [-0.4, -0.2) is 26.5 Å². The molecule has 0 bridgehead atoms. The number of fused-ring (bicyclic) bond motifs is 1. The fourth-order valence-corrected chi connectivity index (χ4v) is 3.08. The fourth-order valence-electron chi connectivity index (χ4n) is 3.08. The van der Waals surface area contributed by atoms with Gasteiger partial charge < -0.3 is 4.74 Å². The van der Waals surface area contributed by atoms with Crippen LogP contribution in [0, 0.1) is 19.8 Å². The molecule has 0 aliphatic rings.